The van der Waals surface area contributed by atoms with Crippen molar-refractivity contribution in [2.45, 2.75) is 108 Å². The van der Waals surface area contributed by atoms with Gasteiger partial charge in [0.2, 0.25) is 5.91 Å². The molecule has 12 bridgehead atoms. The molecule has 102 heavy (non-hydrogen) atoms. The highest BCUT2D eigenvalue weighted by atomic mass is 32.1. The molecular formula is C62H63N14O20PS5. The minimum absolute atomic E-state index is 0.0125. The molecule has 11 unspecified atom stereocenters. The molecule has 34 nitrogen and oxygen atoms in total. The van der Waals surface area contributed by atoms with Gasteiger partial charge < -0.3 is 90.5 Å². The Kier molecular flexibility index (Phi) is 20.5. The summed E-state index contributed by atoms with van der Waals surface area (Å²) in [6.07, 6.45) is -7.69. The number of carbonyl (C=O) groups is 8. The summed E-state index contributed by atoms with van der Waals surface area (Å²) in [6.45, 7) is 8.43. The summed E-state index contributed by atoms with van der Waals surface area (Å²) in [6, 6.07) is 0.442. The van der Waals surface area contributed by atoms with Gasteiger partial charge in [-0.3, -0.25) is 28.8 Å². The molecule has 11 N–H and O–H groups in total. The van der Waals surface area contributed by atoms with E-state index in [-0.39, 0.29) is 110 Å². The third kappa shape index (κ3) is 14.7. The van der Waals surface area contributed by atoms with Crippen LogP contribution in [0.4, 0.5) is 0 Å². The van der Waals surface area contributed by atoms with Crippen LogP contribution in [0.15, 0.2) is 69.2 Å². The Balaban J connectivity index is 1.06. The van der Waals surface area contributed by atoms with Crippen LogP contribution in [-0.4, -0.2) is 190 Å². The number of methoxy groups -OCH3 is 1. The molecule has 11 atom stereocenters. The lowest BCUT2D eigenvalue weighted by Crippen LogP contribution is -2.62. The van der Waals surface area contributed by atoms with Gasteiger partial charge in [0.15, 0.2) is 23.8 Å². The number of rotatable bonds is 11. The number of hydrogen-bond donors (Lipinski definition) is 10. The van der Waals surface area contributed by atoms with Crippen molar-refractivity contribution in [2.24, 2.45) is 5.73 Å². The van der Waals surface area contributed by atoms with Gasteiger partial charge in [0, 0.05) is 56.5 Å². The zero-order chi connectivity index (χ0) is 73.1. The van der Waals surface area contributed by atoms with E-state index in [1.54, 1.807) is 45.0 Å². The number of carbonyl (C=O) groups excluding carboxylic acids is 8. The van der Waals surface area contributed by atoms with Crippen LogP contribution in [0, 0.1) is 0 Å². The molecule has 0 aliphatic carbocycles. The lowest BCUT2D eigenvalue weighted by Gasteiger charge is -2.48. The number of benzene rings is 1. The highest BCUT2D eigenvalue weighted by molar-refractivity contribution is 7.52. The van der Waals surface area contributed by atoms with Crippen molar-refractivity contribution in [3.05, 3.63) is 124 Å². The van der Waals surface area contributed by atoms with E-state index in [1.165, 1.54) is 60.0 Å². The minimum atomic E-state index is -4.53. The quantitative estimate of drug-likeness (QED) is 0.0282. The molecule has 0 spiro atoms. The molecular weight excluding hydrogens is 1450 g/mol. The second-order valence-corrected chi connectivity index (χ2v) is 30.3. The van der Waals surface area contributed by atoms with Crippen molar-refractivity contribution in [3.8, 4) is 38.4 Å². The summed E-state index contributed by atoms with van der Waals surface area (Å²) in [7, 11) is 0.273. The maximum Gasteiger partial charge on any atom is 0.373 e. The first kappa shape index (κ1) is 72.4. The summed E-state index contributed by atoms with van der Waals surface area (Å²) in [5.41, 5.74) is 1.37. The lowest BCUT2D eigenvalue weighted by molar-refractivity contribution is -0.280. The van der Waals surface area contributed by atoms with Gasteiger partial charge in [-0.25, -0.2) is 44.1 Å². The maximum absolute atomic E-state index is 15.2. The number of hydrogen-bond acceptors (Lipinski definition) is 31. The number of pyridine rings is 1. The number of thiazole rings is 5. The minimum Gasteiger partial charge on any atom is -0.499 e. The fourth-order valence-corrected chi connectivity index (χ4v) is 16.7. The second kappa shape index (κ2) is 28.8. The summed E-state index contributed by atoms with van der Waals surface area (Å²) in [4.78, 5) is 155. The normalized spacial score (nSPS) is 24.2. The number of nitrogens with two attached hydrogens (primary N) is 1. The van der Waals surface area contributed by atoms with Gasteiger partial charge in [0.05, 0.1) is 48.8 Å². The lowest BCUT2D eigenvalue weighted by atomic mass is 9.85. The summed E-state index contributed by atoms with van der Waals surface area (Å²) in [5, 5.41) is 55.2. The van der Waals surface area contributed by atoms with Crippen molar-refractivity contribution in [1.82, 2.24) is 66.1 Å². The molecule has 536 valence electrons. The van der Waals surface area contributed by atoms with Gasteiger partial charge in [-0.15, -0.1) is 56.7 Å². The summed E-state index contributed by atoms with van der Waals surface area (Å²) < 4.78 is 57.2. The predicted molar refractivity (Wildman–Crippen MR) is 365 cm³/mol. The van der Waals surface area contributed by atoms with Gasteiger partial charge in [-0.05, 0) is 59.5 Å². The zero-order valence-corrected chi connectivity index (χ0v) is 59.9. The highest BCUT2D eigenvalue weighted by Crippen LogP contribution is 2.48. The smallest absolute Gasteiger partial charge is 0.373 e. The first-order chi connectivity index (χ1) is 48.4. The van der Waals surface area contributed by atoms with Crippen LogP contribution in [-0.2, 0) is 60.6 Å². The molecule has 8 aromatic rings. The Morgan fingerprint density at radius 1 is 0.873 bits per heavy atom. The fraction of sp³-hybridized carbons (Fsp3) is 0.355. The summed E-state index contributed by atoms with van der Waals surface area (Å²) >= 11 is 4.25. The van der Waals surface area contributed by atoms with E-state index in [9.17, 15) is 44.1 Å². The predicted octanol–water partition coefficient (Wildman–Crippen LogP) is 4.38. The number of aliphatic hydroxyl groups is 2. The molecule has 40 heteroatoms. The topological polar surface area (TPSA) is 471 Å². The van der Waals surface area contributed by atoms with Crippen molar-refractivity contribution < 1.29 is 96.2 Å². The SMILES string of the molecule is C=C(NC(=O)c1csc(-c2nc3c(cc2OP(C)(=O)O)-c2nc(cs2)C(=O)NC(C(C)O)C(=O)N/C(=C(\C)OC)c2nc(cs2)C(=O)NC2c4nc(cs4)C(=O)NC(COC(=O)c4c5c6c(cccc6n4O)COC(=O)C(OC4CC(C)(O)C(N(C)C)C(C)O4)C2OC5)c2nc-3cs2)n1)C(N)=O. The van der Waals surface area contributed by atoms with Gasteiger partial charge in [0.1, 0.15) is 114 Å². The van der Waals surface area contributed by atoms with Crippen molar-refractivity contribution in [1.29, 1.82) is 0 Å². The number of amides is 6. The van der Waals surface area contributed by atoms with E-state index in [2.05, 4.69) is 48.1 Å². The third-order valence-corrected chi connectivity index (χ3v) is 21.6. The first-order valence-electron chi connectivity index (χ1n) is 30.7. The van der Waals surface area contributed by atoms with Gasteiger partial charge in [0.25, 0.3) is 29.5 Å². The van der Waals surface area contributed by atoms with E-state index in [4.69, 9.17) is 53.6 Å². The third-order valence-electron chi connectivity index (χ3n) is 16.6. The molecule has 6 amide bonds. The number of nitrogens with zero attached hydrogens (tertiary/aromatic N) is 8. The van der Waals surface area contributed by atoms with Crippen LogP contribution in [0.5, 0.6) is 5.75 Å². The van der Waals surface area contributed by atoms with E-state index < -0.39 is 152 Å². The molecule has 0 radical (unpaired) electrons. The molecule has 1 aromatic carbocycles. The Morgan fingerprint density at radius 2 is 1.53 bits per heavy atom. The van der Waals surface area contributed by atoms with Crippen LogP contribution >= 0.6 is 64.3 Å². The molecule has 12 rings (SSSR count). The van der Waals surface area contributed by atoms with E-state index in [0.717, 1.165) is 63.3 Å². The van der Waals surface area contributed by atoms with E-state index in [1.807, 2.05) is 0 Å². The number of esters is 2. The number of aliphatic hydroxyl groups excluding tert-OH is 1. The van der Waals surface area contributed by atoms with Crippen LogP contribution in [0.25, 0.3) is 49.3 Å². The summed E-state index contributed by atoms with van der Waals surface area (Å²) in [5.74, 6) is -8.48. The molecule has 1 saturated heterocycles. The van der Waals surface area contributed by atoms with Gasteiger partial charge in [-0.2, -0.15) is 4.73 Å². The number of cyclic esters (lactones) is 2. The Bertz CT molecular complexity index is 4820. The average Bonchev–Trinajstić information content (AvgIpc) is 1.34. The zero-order valence-electron chi connectivity index (χ0n) is 54.9. The Morgan fingerprint density at radius 3 is 2.23 bits per heavy atom. The number of likely N-dealkylation sites (N-methyl/N-ethyl adjacent to an activating group) is 1. The van der Waals surface area contributed by atoms with Crippen molar-refractivity contribution >= 4 is 128 Å². The molecule has 7 aromatic heterocycles. The standard InChI is InChI=1S/C62H63N14O20PS5/c1-23(49(63)78)64-50(79)32-20-101-58(69-32)43-37(96-97(9,88)89)13-28-42(71-43)31-18-99-56(66-31)30-17-93-60(84)45-29-16-91-46(47(95-38-14-62(5,86)48(75(6)7)26(4)94-38)61(85)92-15-27-11-10-12-36(39(27)29)76(45)87)44(59-70-33(21-102-59)51(80)65-30)74-53(82)35-22-100-57(68-35)41(25(3)90-8)73-54(83)40(24(2)77)72-52(81)34-19-98-55(28)67-34/h10-13,18-22,24,26,30,38,40,44,46-48,77,86-87H,1,14-17H2,2-9H3,(H2,63,78)(H,64,79)(H,65,80)(H,72,81)(H,73,83)(H,74,82)(H,88,89)/b41-25+. The number of ether oxygens (including phenoxy) is 6. The fourth-order valence-electron chi connectivity index (χ4n) is 12.0. The second-order valence-electron chi connectivity index (χ2n) is 24.2. The molecule has 4 aliphatic heterocycles. The van der Waals surface area contributed by atoms with Crippen molar-refractivity contribution in [3.63, 3.8) is 0 Å². The number of fused-ring (bicyclic) bond motifs is 15. The molecule has 1 fully saturated rings. The van der Waals surface area contributed by atoms with Gasteiger partial charge >= 0.3 is 19.5 Å². The van der Waals surface area contributed by atoms with Crippen molar-refractivity contribution in [2.75, 3.05) is 34.5 Å². The van der Waals surface area contributed by atoms with Crippen LogP contribution in [0.1, 0.15) is 125 Å². The monoisotopic (exact) mass is 1510 g/mol. The van der Waals surface area contributed by atoms with Crippen LogP contribution < -0.4 is 36.8 Å². The number of nitrogens with one attached hydrogen (secondary N) is 5. The molecule has 0 saturated carbocycles. The number of primary amides is 1. The number of aromatic nitrogens is 7. The van der Waals surface area contributed by atoms with Gasteiger partial charge in [-0.1, -0.05) is 18.7 Å². The molecule has 4 aliphatic rings. The van der Waals surface area contributed by atoms with E-state index >= 15 is 19.2 Å². The van der Waals surface area contributed by atoms with Crippen LogP contribution in [0.2, 0.25) is 0 Å². The highest BCUT2D eigenvalue weighted by Gasteiger charge is 2.50. The van der Waals surface area contributed by atoms with Crippen LogP contribution in [0.3, 0.4) is 0 Å². The largest absolute Gasteiger partial charge is 0.499 e. The average molecular weight is 1520 g/mol. The molecule has 11 heterocycles. The Labute approximate surface area is 597 Å². The maximum atomic E-state index is 15.2. The first-order valence-corrected chi connectivity index (χ1v) is 37.1. The van der Waals surface area contributed by atoms with E-state index in [0.29, 0.717) is 4.73 Å². The number of allylic oxidation sites excluding steroid dienone is 1. The Hall–Kier alpha value is -9.35.